The molecular formula is C20H27N3O3. The van der Waals surface area contributed by atoms with Gasteiger partial charge in [0.2, 0.25) is 0 Å². The van der Waals surface area contributed by atoms with Gasteiger partial charge < -0.3 is 19.3 Å². The number of benzene rings is 1. The van der Waals surface area contributed by atoms with Crippen LogP contribution in [0.2, 0.25) is 0 Å². The fraction of sp³-hybridized carbons (Fsp3) is 0.500. The number of aryl methyl sites for hydroxylation is 1. The Morgan fingerprint density at radius 1 is 1.38 bits per heavy atom. The van der Waals surface area contributed by atoms with Crippen molar-refractivity contribution in [1.82, 2.24) is 14.8 Å². The smallest absolute Gasteiger partial charge is 0.254 e. The first-order valence-corrected chi connectivity index (χ1v) is 8.95. The summed E-state index contributed by atoms with van der Waals surface area (Å²) in [6.45, 7) is 5.39. The Bertz CT molecular complexity index is 791. The van der Waals surface area contributed by atoms with Gasteiger partial charge in [0.1, 0.15) is 5.75 Å². The SMILES string of the molecule is COc1ccc2c(C(=O)N3CCOCC(CN(C)C)C3)cc(C)nc2c1. The van der Waals surface area contributed by atoms with E-state index in [1.54, 1.807) is 7.11 Å². The van der Waals surface area contributed by atoms with Crippen LogP contribution in [0.4, 0.5) is 0 Å². The second-order valence-corrected chi connectivity index (χ2v) is 7.15. The Morgan fingerprint density at radius 2 is 2.19 bits per heavy atom. The van der Waals surface area contributed by atoms with Gasteiger partial charge in [-0.15, -0.1) is 0 Å². The molecular weight excluding hydrogens is 330 g/mol. The highest BCUT2D eigenvalue weighted by molar-refractivity contribution is 6.06. The number of hydrogen-bond donors (Lipinski definition) is 0. The van der Waals surface area contributed by atoms with Gasteiger partial charge in [-0.05, 0) is 39.2 Å². The van der Waals surface area contributed by atoms with Crippen molar-refractivity contribution in [2.45, 2.75) is 6.92 Å². The lowest BCUT2D eigenvalue weighted by atomic mass is 10.0. The number of rotatable bonds is 4. The molecule has 0 aliphatic carbocycles. The van der Waals surface area contributed by atoms with E-state index in [1.807, 2.05) is 50.2 Å². The number of amides is 1. The molecule has 0 spiro atoms. The number of nitrogens with zero attached hydrogens (tertiary/aromatic N) is 3. The van der Waals surface area contributed by atoms with Crippen LogP contribution >= 0.6 is 0 Å². The van der Waals surface area contributed by atoms with Crippen molar-refractivity contribution in [1.29, 1.82) is 0 Å². The zero-order chi connectivity index (χ0) is 18.7. The number of fused-ring (bicyclic) bond motifs is 1. The summed E-state index contributed by atoms with van der Waals surface area (Å²) in [6.07, 6.45) is 0. The van der Waals surface area contributed by atoms with Crippen LogP contribution in [-0.2, 0) is 4.74 Å². The van der Waals surface area contributed by atoms with Gasteiger partial charge in [-0.3, -0.25) is 9.78 Å². The van der Waals surface area contributed by atoms with Crippen LogP contribution in [0.25, 0.3) is 10.9 Å². The van der Waals surface area contributed by atoms with E-state index in [-0.39, 0.29) is 5.91 Å². The van der Waals surface area contributed by atoms with Crippen molar-refractivity contribution in [3.05, 3.63) is 35.5 Å². The lowest BCUT2D eigenvalue weighted by Gasteiger charge is -2.26. The molecule has 1 amide bonds. The van der Waals surface area contributed by atoms with Crippen LogP contribution in [-0.4, -0.2) is 74.7 Å². The summed E-state index contributed by atoms with van der Waals surface area (Å²) in [5.74, 6) is 1.09. The molecule has 6 heteroatoms. The van der Waals surface area contributed by atoms with Crippen molar-refractivity contribution < 1.29 is 14.3 Å². The van der Waals surface area contributed by atoms with Gasteiger partial charge in [0, 0.05) is 42.7 Å². The second kappa shape index (κ2) is 8.01. The molecule has 0 bridgehead atoms. The minimum absolute atomic E-state index is 0.0416. The second-order valence-electron chi connectivity index (χ2n) is 7.15. The molecule has 0 N–H and O–H groups in total. The third kappa shape index (κ3) is 4.14. The topological polar surface area (TPSA) is 54.9 Å². The molecule has 1 unspecified atom stereocenters. The number of carbonyl (C=O) groups is 1. The van der Waals surface area contributed by atoms with E-state index >= 15 is 0 Å². The highest BCUT2D eigenvalue weighted by Crippen LogP contribution is 2.25. The van der Waals surface area contributed by atoms with E-state index in [1.165, 1.54) is 0 Å². The third-order valence-corrected chi connectivity index (χ3v) is 4.62. The zero-order valence-corrected chi connectivity index (χ0v) is 16.0. The summed E-state index contributed by atoms with van der Waals surface area (Å²) in [5.41, 5.74) is 2.30. The van der Waals surface area contributed by atoms with Crippen molar-refractivity contribution in [2.75, 3.05) is 54.1 Å². The fourth-order valence-corrected chi connectivity index (χ4v) is 3.51. The first kappa shape index (κ1) is 18.6. The first-order chi connectivity index (χ1) is 12.5. The Labute approximate surface area is 154 Å². The number of aromatic nitrogens is 1. The van der Waals surface area contributed by atoms with Crippen LogP contribution < -0.4 is 4.74 Å². The lowest BCUT2D eigenvalue weighted by molar-refractivity contribution is 0.0737. The van der Waals surface area contributed by atoms with Crippen molar-refractivity contribution in [3.8, 4) is 5.75 Å². The van der Waals surface area contributed by atoms with E-state index < -0.39 is 0 Å². The largest absolute Gasteiger partial charge is 0.497 e. The summed E-state index contributed by atoms with van der Waals surface area (Å²) in [7, 11) is 5.72. The highest BCUT2D eigenvalue weighted by Gasteiger charge is 2.25. The predicted octanol–water partition coefficient (Wildman–Crippen LogP) is 2.20. The van der Waals surface area contributed by atoms with Crippen LogP contribution in [0.5, 0.6) is 5.75 Å². The van der Waals surface area contributed by atoms with Crippen molar-refractivity contribution in [2.24, 2.45) is 5.92 Å². The standard InChI is InChI=1S/C20H27N3O3/c1-14-9-18(17-6-5-16(25-4)10-19(17)21-14)20(24)23-7-8-26-13-15(12-23)11-22(2)3/h5-6,9-10,15H,7-8,11-13H2,1-4H3. The number of hydrogen-bond acceptors (Lipinski definition) is 5. The van der Waals surface area contributed by atoms with Gasteiger partial charge in [-0.2, -0.15) is 0 Å². The van der Waals surface area contributed by atoms with Gasteiger partial charge in [0.05, 0.1) is 31.4 Å². The Morgan fingerprint density at radius 3 is 2.92 bits per heavy atom. The molecule has 0 saturated carbocycles. The molecule has 2 aromatic rings. The van der Waals surface area contributed by atoms with E-state index in [9.17, 15) is 4.79 Å². The van der Waals surface area contributed by atoms with Crippen molar-refractivity contribution in [3.63, 3.8) is 0 Å². The monoisotopic (exact) mass is 357 g/mol. The van der Waals surface area contributed by atoms with Gasteiger partial charge in [0.25, 0.3) is 5.91 Å². The zero-order valence-electron chi connectivity index (χ0n) is 16.0. The normalized spacial score (nSPS) is 18.2. The molecule has 1 aliphatic rings. The maximum Gasteiger partial charge on any atom is 0.254 e. The average molecular weight is 357 g/mol. The minimum atomic E-state index is 0.0416. The summed E-state index contributed by atoms with van der Waals surface area (Å²) >= 11 is 0. The van der Waals surface area contributed by atoms with Gasteiger partial charge in [-0.25, -0.2) is 0 Å². The summed E-state index contributed by atoms with van der Waals surface area (Å²) < 4.78 is 11.0. The molecule has 1 atom stereocenters. The molecule has 26 heavy (non-hydrogen) atoms. The quantitative estimate of drug-likeness (QED) is 0.840. The Hall–Kier alpha value is -2.18. The minimum Gasteiger partial charge on any atom is -0.497 e. The molecule has 0 radical (unpaired) electrons. The molecule has 1 aromatic heterocycles. The Balaban J connectivity index is 1.93. The van der Waals surface area contributed by atoms with Crippen LogP contribution in [0.3, 0.4) is 0 Å². The number of ether oxygens (including phenoxy) is 2. The summed E-state index contributed by atoms with van der Waals surface area (Å²) in [6, 6.07) is 7.54. The molecule has 1 saturated heterocycles. The van der Waals surface area contributed by atoms with E-state index in [2.05, 4.69) is 9.88 Å². The molecule has 140 valence electrons. The van der Waals surface area contributed by atoms with Crippen LogP contribution in [0, 0.1) is 12.8 Å². The fourth-order valence-electron chi connectivity index (χ4n) is 3.51. The average Bonchev–Trinajstić information content (AvgIpc) is 2.84. The lowest BCUT2D eigenvalue weighted by Crippen LogP contribution is -2.38. The maximum absolute atomic E-state index is 13.3. The van der Waals surface area contributed by atoms with Gasteiger partial charge >= 0.3 is 0 Å². The van der Waals surface area contributed by atoms with Crippen LogP contribution in [0.15, 0.2) is 24.3 Å². The third-order valence-electron chi connectivity index (χ3n) is 4.62. The number of pyridine rings is 1. The van der Waals surface area contributed by atoms with Crippen molar-refractivity contribution >= 4 is 16.8 Å². The Kier molecular flexibility index (Phi) is 5.74. The molecule has 2 heterocycles. The molecule has 1 fully saturated rings. The predicted molar refractivity (Wildman–Crippen MR) is 102 cm³/mol. The van der Waals surface area contributed by atoms with Crippen LogP contribution in [0.1, 0.15) is 16.1 Å². The number of carbonyl (C=O) groups excluding carboxylic acids is 1. The molecule has 6 nitrogen and oxygen atoms in total. The molecule has 3 rings (SSSR count). The first-order valence-electron chi connectivity index (χ1n) is 8.95. The van der Waals surface area contributed by atoms with E-state index in [4.69, 9.17) is 9.47 Å². The molecule has 1 aliphatic heterocycles. The van der Waals surface area contributed by atoms with Gasteiger partial charge in [-0.1, -0.05) is 0 Å². The number of methoxy groups -OCH3 is 1. The maximum atomic E-state index is 13.3. The highest BCUT2D eigenvalue weighted by atomic mass is 16.5. The molecule has 1 aromatic carbocycles. The van der Waals surface area contributed by atoms with Gasteiger partial charge in [0.15, 0.2) is 0 Å². The summed E-state index contributed by atoms with van der Waals surface area (Å²) in [4.78, 5) is 21.9. The van der Waals surface area contributed by atoms with E-state index in [0.717, 1.165) is 28.9 Å². The summed E-state index contributed by atoms with van der Waals surface area (Å²) in [5, 5.41) is 0.857. The van der Waals surface area contributed by atoms with E-state index in [0.29, 0.717) is 37.8 Å².